The third kappa shape index (κ3) is 3.42. The number of Topliss-reactive ketones (excluding diaryl/α,β-unsaturated/α-hetero) is 2. The third-order valence-electron chi connectivity index (χ3n) is 2.84. The van der Waals surface area contributed by atoms with Crippen molar-refractivity contribution in [2.24, 2.45) is 5.92 Å². The summed E-state index contributed by atoms with van der Waals surface area (Å²) in [5.74, 6) is -0.239. The Hall–Kier alpha value is -1.22. The molecule has 0 atom stereocenters. The number of hydrogen-bond acceptors (Lipinski definition) is 3. The van der Waals surface area contributed by atoms with E-state index in [9.17, 15) is 9.59 Å². The zero-order chi connectivity index (χ0) is 12.0. The van der Waals surface area contributed by atoms with Gasteiger partial charge in [0.2, 0.25) is 0 Å². The number of carbonyl (C=O) groups excluding carboxylic acids is 2. The second-order valence-electron chi connectivity index (χ2n) is 4.13. The predicted octanol–water partition coefficient (Wildman–Crippen LogP) is 1.60. The van der Waals surface area contributed by atoms with Gasteiger partial charge in [0, 0.05) is 32.5 Å². The van der Waals surface area contributed by atoms with Gasteiger partial charge in [0.25, 0.3) is 0 Å². The van der Waals surface area contributed by atoms with Crippen molar-refractivity contribution in [2.75, 3.05) is 19.6 Å². The largest absolute Gasteiger partial charge is 0.299 e. The molecule has 88 valence electrons. The standard InChI is InChI=1S/C13H19NO2/c1-3-8-14(9-4-2)10-11-12(15)6-5-7-13(11)16/h3-4,11H,1-2,5-10H2. The smallest absolute Gasteiger partial charge is 0.144 e. The van der Waals surface area contributed by atoms with Crippen molar-refractivity contribution in [3.8, 4) is 0 Å². The van der Waals surface area contributed by atoms with Crippen molar-refractivity contribution in [1.29, 1.82) is 0 Å². The summed E-state index contributed by atoms with van der Waals surface area (Å²) in [5, 5.41) is 0. The molecule has 1 fully saturated rings. The highest BCUT2D eigenvalue weighted by atomic mass is 16.2. The van der Waals surface area contributed by atoms with Crippen molar-refractivity contribution in [2.45, 2.75) is 19.3 Å². The lowest BCUT2D eigenvalue weighted by Crippen LogP contribution is -2.39. The van der Waals surface area contributed by atoms with Gasteiger partial charge in [0.15, 0.2) is 0 Å². The van der Waals surface area contributed by atoms with Crippen LogP contribution in [0.3, 0.4) is 0 Å². The normalized spacial score (nSPS) is 17.8. The molecule has 0 saturated heterocycles. The van der Waals surface area contributed by atoms with E-state index in [1.807, 2.05) is 4.90 Å². The van der Waals surface area contributed by atoms with Crippen LogP contribution in [0.15, 0.2) is 25.3 Å². The Morgan fingerprint density at radius 1 is 1.12 bits per heavy atom. The minimum absolute atomic E-state index is 0.0920. The Labute approximate surface area is 96.8 Å². The van der Waals surface area contributed by atoms with E-state index in [1.54, 1.807) is 12.2 Å². The van der Waals surface area contributed by atoms with Crippen molar-refractivity contribution in [1.82, 2.24) is 4.90 Å². The molecule has 1 aliphatic rings. The van der Waals surface area contributed by atoms with Crippen molar-refractivity contribution >= 4 is 11.6 Å². The van der Waals surface area contributed by atoms with Crippen LogP contribution in [0, 0.1) is 5.92 Å². The van der Waals surface area contributed by atoms with Gasteiger partial charge < -0.3 is 0 Å². The fourth-order valence-electron chi connectivity index (χ4n) is 2.02. The average molecular weight is 221 g/mol. The van der Waals surface area contributed by atoms with E-state index < -0.39 is 5.92 Å². The van der Waals surface area contributed by atoms with Crippen LogP contribution >= 0.6 is 0 Å². The number of nitrogens with zero attached hydrogens (tertiary/aromatic N) is 1. The first-order valence-electron chi connectivity index (χ1n) is 5.68. The Bertz CT molecular complexity index is 270. The summed E-state index contributed by atoms with van der Waals surface area (Å²) in [6.07, 6.45) is 5.37. The Morgan fingerprint density at radius 3 is 2.06 bits per heavy atom. The van der Waals surface area contributed by atoms with E-state index in [-0.39, 0.29) is 11.6 Å². The Balaban J connectivity index is 2.59. The van der Waals surface area contributed by atoms with Crippen LogP contribution in [-0.4, -0.2) is 36.1 Å². The van der Waals surface area contributed by atoms with Gasteiger partial charge in [-0.2, -0.15) is 0 Å². The molecule has 3 heteroatoms. The van der Waals surface area contributed by atoms with Gasteiger partial charge in [-0.1, -0.05) is 12.2 Å². The summed E-state index contributed by atoms with van der Waals surface area (Å²) < 4.78 is 0. The topological polar surface area (TPSA) is 37.4 Å². The molecule has 0 amide bonds. The van der Waals surface area contributed by atoms with Crippen LogP contribution < -0.4 is 0 Å². The van der Waals surface area contributed by atoms with E-state index in [0.717, 1.165) is 6.42 Å². The Kier molecular flexibility index (Phi) is 5.12. The van der Waals surface area contributed by atoms with Gasteiger partial charge >= 0.3 is 0 Å². The molecule has 3 nitrogen and oxygen atoms in total. The SMILES string of the molecule is C=CCN(CC=C)CC1C(=O)CCCC1=O. The lowest BCUT2D eigenvalue weighted by atomic mass is 9.86. The molecule has 0 N–H and O–H groups in total. The van der Waals surface area contributed by atoms with Crippen LogP contribution in [-0.2, 0) is 9.59 Å². The van der Waals surface area contributed by atoms with Crippen LogP contribution in [0.4, 0.5) is 0 Å². The maximum atomic E-state index is 11.6. The van der Waals surface area contributed by atoms with Crippen molar-refractivity contribution in [3.63, 3.8) is 0 Å². The molecular formula is C13H19NO2. The maximum Gasteiger partial charge on any atom is 0.144 e. The quantitative estimate of drug-likeness (QED) is 0.505. The van der Waals surface area contributed by atoms with E-state index >= 15 is 0 Å². The highest BCUT2D eigenvalue weighted by Crippen LogP contribution is 2.18. The van der Waals surface area contributed by atoms with Gasteiger partial charge in [-0.3, -0.25) is 14.5 Å². The predicted molar refractivity (Wildman–Crippen MR) is 64.2 cm³/mol. The first kappa shape index (κ1) is 12.8. The average Bonchev–Trinajstić information content (AvgIpc) is 2.24. The lowest BCUT2D eigenvalue weighted by Gasteiger charge is -2.26. The minimum atomic E-state index is -0.423. The summed E-state index contributed by atoms with van der Waals surface area (Å²) in [5.41, 5.74) is 0. The molecule has 1 rings (SSSR count). The summed E-state index contributed by atoms with van der Waals surface area (Å²) in [4.78, 5) is 25.3. The van der Waals surface area contributed by atoms with Crippen LogP contribution in [0.25, 0.3) is 0 Å². The molecule has 1 aliphatic carbocycles. The van der Waals surface area contributed by atoms with Gasteiger partial charge in [-0.05, 0) is 6.42 Å². The van der Waals surface area contributed by atoms with Gasteiger partial charge in [-0.25, -0.2) is 0 Å². The number of rotatable bonds is 6. The van der Waals surface area contributed by atoms with Crippen LogP contribution in [0.5, 0.6) is 0 Å². The lowest BCUT2D eigenvalue weighted by molar-refractivity contribution is -0.136. The first-order valence-corrected chi connectivity index (χ1v) is 5.68. The third-order valence-corrected chi connectivity index (χ3v) is 2.84. The second kappa shape index (κ2) is 6.38. The number of ketones is 2. The number of hydrogen-bond donors (Lipinski definition) is 0. The maximum absolute atomic E-state index is 11.6. The van der Waals surface area contributed by atoms with E-state index in [1.165, 1.54) is 0 Å². The highest BCUT2D eigenvalue weighted by molar-refractivity contribution is 6.04. The summed E-state index contributed by atoms with van der Waals surface area (Å²) in [6, 6.07) is 0. The molecule has 0 aromatic carbocycles. The first-order chi connectivity index (χ1) is 7.69. The van der Waals surface area contributed by atoms with Gasteiger partial charge in [-0.15, -0.1) is 13.2 Å². The van der Waals surface area contributed by atoms with E-state index in [4.69, 9.17) is 0 Å². The summed E-state index contributed by atoms with van der Waals surface area (Å²) in [6.45, 7) is 9.21. The summed E-state index contributed by atoms with van der Waals surface area (Å²) in [7, 11) is 0. The molecule has 1 saturated carbocycles. The molecule has 0 aromatic rings. The molecule has 0 aliphatic heterocycles. The van der Waals surface area contributed by atoms with Crippen LogP contribution in [0.2, 0.25) is 0 Å². The zero-order valence-electron chi connectivity index (χ0n) is 9.65. The van der Waals surface area contributed by atoms with Gasteiger partial charge in [0.05, 0.1) is 5.92 Å². The van der Waals surface area contributed by atoms with E-state index in [2.05, 4.69) is 13.2 Å². The molecule has 0 spiro atoms. The van der Waals surface area contributed by atoms with Gasteiger partial charge in [0.1, 0.15) is 11.6 Å². The molecule has 0 bridgehead atoms. The molecular weight excluding hydrogens is 202 g/mol. The molecule has 0 radical (unpaired) electrons. The molecule has 0 aromatic heterocycles. The van der Waals surface area contributed by atoms with Crippen molar-refractivity contribution < 1.29 is 9.59 Å². The number of carbonyl (C=O) groups is 2. The van der Waals surface area contributed by atoms with E-state index in [0.29, 0.717) is 32.5 Å². The second-order valence-corrected chi connectivity index (χ2v) is 4.13. The highest BCUT2D eigenvalue weighted by Gasteiger charge is 2.30. The molecule has 0 heterocycles. The molecule has 0 unspecified atom stereocenters. The zero-order valence-corrected chi connectivity index (χ0v) is 9.65. The van der Waals surface area contributed by atoms with Crippen molar-refractivity contribution in [3.05, 3.63) is 25.3 Å². The van der Waals surface area contributed by atoms with Crippen LogP contribution in [0.1, 0.15) is 19.3 Å². The fourth-order valence-corrected chi connectivity index (χ4v) is 2.02. The summed E-state index contributed by atoms with van der Waals surface area (Å²) >= 11 is 0. The minimum Gasteiger partial charge on any atom is -0.299 e. The molecule has 16 heavy (non-hydrogen) atoms. The Morgan fingerprint density at radius 2 is 1.62 bits per heavy atom. The fraction of sp³-hybridized carbons (Fsp3) is 0.538. The monoisotopic (exact) mass is 221 g/mol.